The Bertz CT molecular complexity index is 1460. The van der Waals surface area contributed by atoms with Crippen molar-refractivity contribution in [3.63, 3.8) is 0 Å². The van der Waals surface area contributed by atoms with Crippen LogP contribution in [0.15, 0.2) is 74.3 Å². The second-order valence-corrected chi connectivity index (χ2v) is 8.58. The number of ether oxygens (including phenoxy) is 1. The van der Waals surface area contributed by atoms with Crippen LogP contribution in [-0.2, 0) is 0 Å². The van der Waals surface area contributed by atoms with Gasteiger partial charge in [-0.05, 0) is 55.0 Å². The van der Waals surface area contributed by atoms with E-state index in [9.17, 15) is 14.7 Å². The zero-order valence-electron chi connectivity index (χ0n) is 17.3. The van der Waals surface area contributed by atoms with Crippen LogP contribution in [0.3, 0.4) is 0 Å². The van der Waals surface area contributed by atoms with Crippen LogP contribution in [0.25, 0.3) is 11.0 Å². The first-order chi connectivity index (χ1) is 15.4. The Labute approximate surface area is 191 Å². The number of aromatic hydroxyl groups is 1. The molecule has 0 aliphatic carbocycles. The summed E-state index contributed by atoms with van der Waals surface area (Å²) in [7, 11) is 1.45. The Balaban J connectivity index is 1.83. The monoisotopic (exact) mass is 491 g/mol. The third-order valence-electron chi connectivity index (χ3n) is 5.63. The molecule has 160 valence electrons. The molecule has 0 radical (unpaired) electrons. The Kier molecular flexibility index (Phi) is 4.78. The average molecular weight is 492 g/mol. The molecule has 1 aromatic heterocycles. The second-order valence-electron chi connectivity index (χ2n) is 7.66. The summed E-state index contributed by atoms with van der Waals surface area (Å²) in [5, 5.41) is 10.5. The van der Waals surface area contributed by atoms with E-state index >= 15 is 0 Å². The smallest absolute Gasteiger partial charge is 0.295 e. The molecule has 1 N–H and O–H groups in total. The number of nitrogens with zero attached hydrogens (tertiary/aromatic N) is 1. The number of carbonyl (C=O) groups excluding carboxylic acids is 1. The zero-order chi connectivity index (χ0) is 22.6. The van der Waals surface area contributed by atoms with E-state index < -0.39 is 11.9 Å². The van der Waals surface area contributed by atoms with Crippen molar-refractivity contribution in [1.29, 1.82) is 0 Å². The number of hydrogen-bond acceptors (Lipinski definition) is 5. The minimum absolute atomic E-state index is 0.0170. The number of fused-ring (bicyclic) bond motifs is 2. The number of carbonyl (C=O) groups is 1. The molecule has 1 aliphatic heterocycles. The number of benzene rings is 3. The highest BCUT2D eigenvalue weighted by molar-refractivity contribution is 9.10. The van der Waals surface area contributed by atoms with Gasteiger partial charge in [0.15, 0.2) is 16.9 Å². The molecule has 1 amide bonds. The fourth-order valence-corrected chi connectivity index (χ4v) is 4.55. The van der Waals surface area contributed by atoms with Crippen molar-refractivity contribution in [2.24, 2.45) is 0 Å². The molecule has 1 aliphatic rings. The molecule has 0 fully saturated rings. The average Bonchev–Trinajstić information content (AvgIpc) is 3.07. The number of aryl methyl sites for hydroxylation is 1. The maximum Gasteiger partial charge on any atom is 0.295 e. The van der Waals surface area contributed by atoms with Crippen LogP contribution in [0.1, 0.15) is 33.3 Å². The minimum Gasteiger partial charge on any atom is -0.504 e. The van der Waals surface area contributed by atoms with Gasteiger partial charge in [-0.3, -0.25) is 14.5 Å². The van der Waals surface area contributed by atoms with Crippen LogP contribution in [0.2, 0.25) is 0 Å². The van der Waals surface area contributed by atoms with Crippen molar-refractivity contribution in [2.75, 3.05) is 12.0 Å². The van der Waals surface area contributed by atoms with Crippen molar-refractivity contribution in [3.05, 3.63) is 97.8 Å². The second kappa shape index (κ2) is 7.53. The fourth-order valence-electron chi connectivity index (χ4n) is 4.16. The van der Waals surface area contributed by atoms with Gasteiger partial charge in [-0.15, -0.1) is 0 Å². The van der Waals surface area contributed by atoms with Gasteiger partial charge < -0.3 is 14.3 Å². The Hall–Kier alpha value is -3.58. The molecule has 0 saturated heterocycles. The summed E-state index contributed by atoms with van der Waals surface area (Å²) in [6.45, 7) is 1.90. The third-order valence-corrected chi connectivity index (χ3v) is 6.12. The van der Waals surface area contributed by atoms with E-state index in [4.69, 9.17) is 9.15 Å². The van der Waals surface area contributed by atoms with Gasteiger partial charge >= 0.3 is 0 Å². The van der Waals surface area contributed by atoms with E-state index in [1.807, 2.05) is 31.2 Å². The molecule has 1 unspecified atom stereocenters. The van der Waals surface area contributed by atoms with Gasteiger partial charge in [-0.1, -0.05) is 39.7 Å². The topological polar surface area (TPSA) is 80.0 Å². The number of methoxy groups -OCH3 is 1. The van der Waals surface area contributed by atoms with Crippen LogP contribution >= 0.6 is 15.9 Å². The van der Waals surface area contributed by atoms with Gasteiger partial charge in [-0.2, -0.15) is 0 Å². The van der Waals surface area contributed by atoms with Crippen LogP contribution in [0, 0.1) is 6.92 Å². The van der Waals surface area contributed by atoms with Crippen molar-refractivity contribution in [1.82, 2.24) is 0 Å². The number of rotatable bonds is 3. The van der Waals surface area contributed by atoms with Crippen molar-refractivity contribution >= 4 is 38.5 Å². The summed E-state index contributed by atoms with van der Waals surface area (Å²) < 4.78 is 12.0. The lowest BCUT2D eigenvalue weighted by Crippen LogP contribution is -2.29. The van der Waals surface area contributed by atoms with Gasteiger partial charge in [0.25, 0.3) is 5.91 Å². The number of amides is 1. The number of hydrogen-bond donors (Lipinski definition) is 1. The summed E-state index contributed by atoms with van der Waals surface area (Å²) in [5.41, 5.74) is 2.51. The minimum atomic E-state index is -0.748. The van der Waals surface area contributed by atoms with Gasteiger partial charge in [0.1, 0.15) is 5.58 Å². The molecule has 32 heavy (non-hydrogen) atoms. The molecule has 0 spiro atoms. The predicted octanol–water partition coefficient (Wildman–Crippen LogP) is 5.33. The standard InChI is InChI=1S/C25H18BrNO5/c1-13-6-9-19-17(10-13)23(29)21-22(14-7-8-18(28)20(11-14)31-2)27(25(30)24(21)32-19)16-5-3-4-15(26)12-16/h3-12,22,28H,1-2H3. The van der Waals surface area contributed by atoms with E-state index in [0.29, 0.717) is 22.2 Å². The molecule has 3 aromatic carbocycles. The third kappa shape index (κ3) is 3.08. The normalized spacial score (nSPS) is 15.3. The lowest BCUT2D eigenvalue weighted by Gasteiger charge is -2.25. The summed E-state index contributed by atoms with van der Waals surface area (Å²) >= 11 is 3.45. The lowest BCUT2D eigenvalue weighted by molar-refractivity contribution is 0.0971. The highest BCUT2D eigenvalue weighted by Gasteiger charge is 2.44. The molecule has 5 rings (SSSR count). The fraction of sp³-hybridized carbons (Fsp3) is 0.120. The molecule has 4 aromatic rings. The van der Waals surface area contributed by atoms with Crippen LogP contribution in [0.5, 0.6) is 11.5 Å². The highest BCUT2D eigenvalue weighted by Crippen LogP contribution is 2.43. The summed E-state index contributed by atoms with van der Waals surface area (Å²) in [5.74, 6) is -0.173. The molecular weight excluding hydrogens is 474 g/mol. The van der Waals surface area contributed by atoms with Crippen molar-refractivity contribution in [3.8, 4) is 11.5 Å². The largest absolute Gasteiger partial charge is 0.504 e. The summed E-state index contributed by atoms with van der Waals surface area (Å²) in [6, 6.07) is 16.6. The quantitative estimate of drug-likeness (QED) is 0.419. The first-order valence-electron chi connectivity index (χ1n) is 9.92. The van der Waals surface area contributed by atoms with Crippen LogP contribution < -0.4 is 15.1 Å². The molecule has 0 bridgehead atoms. The van der Waals surface area contributed by atoms with Gasteiger partial charge in [0.2, 0.25) is 5.76 Å². The molecule has 1 atom stereocenters. The van der Waals surface area contributed by atoms with Crippen molar-refractivity contribution < 1.29 is 19.1 Å². The highest BCUT2D eigenvalue weighted by atomic mass is 79.9. The predicted molar refractivity (Wildman–Crippen MR) is 125 cm³/mol. The SMILES string of the molecule is COc1cc(C2c3c(oc4ccc(C)cc4c3=O)C(=O)N2c2cccc(Br)c2)ccc1O. The number of phenolic OH excluding ortho intramolecular Hbond substituents is 1. The van der Waals surface area contributed by atoms with Crippen LogP contribution in [-0.4, -0.2) is 18.1 Å². The Morgan fingerprint density at radius 1 is 1.06 bits per heavy atom. The first kappa shape index (κ1) is 20.3. The van der Waals surface area contributed by atoms with Gasteiger partial charge in [-0.25, -0.2) is 0 Å². The molecule has 6 nitrogen and oxygen atoms in total. The van der Waals surface area contributed by atoms with E-state index in [2.05, 4.69) is 15.9 Å². The van der Waals surface area contributed by atoms with Gasteiger partial charge in [0, 0.05) is 10.2 Å². The van der Waals surface area contributed by atoms with Crippen molar-refractivity contribution in [2.45, 2.75) is 13.0 Å². The maximum absolute atomic E-state index is 13.6. The maximum atomic E-state index is 13.6. The number of halogens is 1. The van der Waals surface area contributed by atoms with Crippen LogP contribution in [0.4, 0.5) is 5.69 Å². The molecule has 7 heteroatoms. The van der Waals surface area contributed by atoms with E-state index in [-0.39, 0.29) is 28.3 Å². The number of anilines is 1. The summed E-state index contributed by atoms with van der Waals surface area (Å²) in [4.78, 5) is 28.8. The molecular formula is C25H18BrNO5. The Morgan fingerprint density at radius 2 is 1.88 bits per heavy atom. The summed E-state index contributed by atoms with van der Waals surface area (Å²) in [6.07, 6.45) is 0. The lowest BCUT2D eigenvalue weighted by atomic mass is 9.97. The van der Waals surface area contributed by atoms with E-state index in [1.54, 1.807) is 30.3 Å². The molecule has 2 heterocycles. The molecule has 0 saturated carbocycles. The number of phenols is 1. The van der Waals surface area contributed by atoms with E-state index in [0.717, 1.165) is 10.0 Å². The van der Waals surface area contributed by atoms with E-state index in [1.165, 1.54) is 18.1 Å². The van der Waals surface area contributed by atoms with Gasteiger partial charge in [0.05, 0.1) is 24.1 Å². The zero-order valence-corrected chi connectivity index (χ0v) is 18.8. The first-order valence-corrected chi connectivity index (χ1v) is 10.7. The Morgan fingerprint density at radius 3 is 2.62 bits per heavy atom.